The molecule has 0 spiro atoms. The van der Waals surface area contributed by atoms with Crippen LogP contribution < -0.4 is 11.1 Å². The summed E-state index contributed by atoms with van der Waals surface area (Å²) in [5.41, 5.74) is 8.19. The van der Waals surface area contributed by atoms with Crippen molar-refractivity contribution in [1.29, 1.82) is 0 Å². The first-order valence-corrected chi connectivity index (χ1v) is 6.18. The van der Waals surface area contributed by atoms with Crippen molar-refractivity contribution in [3.63, 3.8) is 0 Å². The molecule has 0 amide bonds. The highest BCUT2D eigenvalue weighted by molar-refractivity contribution is 7.80. The Hall–Kier alpha value is -2.02. The molecule has 0 aliphatic carbocycles. The van der Waals surface area contributed by atoms with Gasteiger partial charge in [-0.25, -0.2) is 4.98 Å². The minimum atomic E-state index is 0.293. The van der Waals surface area contributed by atoms with Gasteiger partial charge in [-0.15, -0.1) is 5.10 Å². The van der Waals surface area contributed by atoms with E-state index in [0.29, 0.717) is 28.8 Å². The summed E-state index contributed by atoms with van der Waals surface area (Å²) < 4.78 is 5.37. The fourth-order valence-corrected chi connectivity index (χ4v) is 1.93. The number of aryl methyl sites for hydroxylation is 2. The smallest absolute Gasteiger partial charge is 0.213 e. The topological polar surface area (TPSA) is 89.9 Å². The minimum absolute atomic E-state index is 0.293. The molecule has 2 aromatic rings. The van der Waals surface area contributed by atoms with Crippen LogP contribution in [0.5, 0.6) is 0 Å². The standard InChI is InChI=1S/C12H15N5OS/c1-6-4-14-9(18-6)5-15-12-10(11(13)19)7(2)8(3)16-17-12/h4H,5H2,1-3H3,(H2,13,19)(H,15,17). The maximum Gasteiger partial charge on any atom is 0.213 e. The highest BCUT2D eigenvalue weighted by atomic mass is 32.1. The zero-order valence-electron chi connectivity index (χ0n) is 11.0. The summed E-state index contributed by atoms with van der Waals surface area (Å²) >= 11 is 5.06. The lowest BCUT2D eigenvalue weighted by Gasteiger charge is -2.12. The number of thiocarbonyl (C=S) groups is 1. The first-order chi connectivity index (χ1) is 8.99. The van der Waals surface area contributed by atoms with Crippen molar-refractivity contribution in [3.8, 4) is 0 Å². The number of rotatable bonds is 4. The Morgan fingerprint density at radius 1 is 1.37 bits per heavy atom. The number of aromatic nitrogens is 3. The van der Waals surface area contributed by atoms with Crippen LogP contribution in [0.2, 0.25) is 0 Å². The summed E-state index contributed by atoms with van der Waals surface area (Å²) in [6.07, 6.45) is 1.66. The van der Waals surface area contributed by atoms with Crippen LogP contribution in [-0.4, -0.2) is 20.2 Å². The van der Waals surface area contributed by atoms with Crippen LogP contribution in [0.15, 0.2) is 10.6 Å². The molecule has 100 valence electrons. The molecule has 0 bridgehead atoms. The zero-order chi connectivity index (χ0) is 14.0. The summed E-state index contributed by atoms with van der Waals surface area (Å²) in [5.74, 6) is 1.88. The third-order valence-electron chi connectivity index (χ3n) is 2.78. The van der Waals surface area contributed by atoms with Gasteiger partial charge < -0.3 is 15.5 Å². The lowest BCUT2D eigenvalue weighted by Crippen LogP contribution is -2.18. The second-order valence-corrected chi connectivity index (χ2v) is 4.66. The quantitative estimate of drug-likeness (QED) is 0.821. The van der Waals surface area contributed by atoms with Crippen molar-refractivity contribution in [1.82, 2.24) is 15.2 Å². The Kier molecular flexibility index (Phi) is 3.75. The monoisotopic (exact) mass is 277 g/mol. The molecule has 2 heterocycles. The number of nitrogens with two attached hydrogens (primary N) is 1. The third-order valence-corrected chi connectivity index (χ3v) is 2.98. The number of oxazole rings is 1. The number of anilines is 1. The SMILES string of the molecule is Cc1cnc(CNc2nnc(C)c(C)c2C(N)=S)o1. The molecule has 0 radical (unpaired) electrons. The molecular formula is C12H15N5OS. The number of nitrogens with one attached hydrogen (secondary N) is 1. The predicted octanol–water partition coefficient (Wildman–Crippen LogP) is 1.64. The van der Waals surface area contributed by atoms with Crippen LogP contribution in [0.1, 0.15) is 28.5 Å². The van der Waals surface area contributed by atoms with E-state index in [0.717, 1.165) is 17.0 Å². The average Bonchev–Trinajstić information content (AvgIpc) is 2.76. The lowest BCUT2D eigenvalue weighted by atomic mass is 10.1. The summed E-state index contributed by atoms with van der Waals surface area (Å²) in [4.78, 5) is 4.40. The summed E-state index contributed by atoms with van der Waals surface area (Å²) in [7, 11) is 0. The van der Waals surface area contributed by atoms with Crippen molar-refractivity contribution < 1.29 is 4.42 Å². The molecule has 0 aliphatic heterocycles. The van der Waals surface area contributed by atoms with Gasteiger partial charge in [0.25, 0.3) is 0 Å². The Morgan fingerprint density at radius 3 is 2.68 bits per heavy atom. The van der Waals surface area contributed by atoms with Crippen molar-refractivity contribution in [2.24, 2.45) is 5.73 Å². The predicted molar refractivity (Wildman–Crippen MR) is 76.0 cm³/mol. The molecule has 0 fully saturated rings. The van der Waals surface area contributed by atoms with Gasteiger partial charge in [-0.1, -0.05) is 12.2 Å². The van der Waals surface area contributed by atoms with E-state index in [1.54, 1.807) is 6.20 Å². The zero-order valence-corrected chi connectivity index (χ0v) is 11.8. The van der Waals surface area contributed by atoms with Gasteiger partial charge in [0.1, 0.15) is 10.7 Å². The molecule has 19 heavy (non-hydrogen) atoms. The van der Waals surface area contributed by atoms with Crippen LogP contribution in [-0.2, 0) is 6.54 Å². The second-order valence-electron chi connectivity index (χ2n) is 4.22. The normalized spacial score (nSPS) is 10.5. The Morgan fingerprint density at radius 2 is 2.11 bits per heavy atom. The van der Waals surface area contributed by atoms with Gasteiger partial charge in [0, 0.05) is 0 Å². The Bertz CT molecular complexity index is 623. The molecule has 2 rings (SSSR count). The Labute approximate surface area is 116 Å². The molecule has 0 saturated heterocycles. The molecule has 0 aromatic carbocycles. The molecule has 3 N–H and O–H groups in total. The van der Waals surface area contributed by atoms with Crippen LogP contribution in [0.25, 0.3) is 0 Å². The molecule has 0 atom stereocenters. The highest BCUT2D eigenvalue weighted by Gasteiger charge is 2.14. The number of hydrogen-bond donors (Lipinski definition) is 2. The average molecular weight is 277 g/mol. The van der Waals surface area contributed by atoms with E-state index in [9.17, 15) is 0 Å². The number of nitrogens with zero attached hydrogens (tertiary/aromatic N) is 3. The van der Waals surface area contributed by atoms with Crippen molar-refractivity contribution in [2.75, 3.05) is 5.32 Å². The van der Waals surface area contributed by atoms with Crippen LogP contribution in [0.4, 0.5) is 5.82 Å². The molecule has 0 unspecified atom stereocenters. The van der Waals surface area contributed by atoms with Gasteiger partial charge in [0.2, 0.25) is 5.89 Å². The van der Waals surface area contributed by atoms with E-state index in [4.69, 9.17) is 22.4 Å². The van der Waals surface area contributed by atoms with Gasteiger partial charge in [-0.2, -0.15) is 5.10 Å². The van der Waals surface area contributed by atoms with E-state index in [1.165, 1.54) is 0 Å². The van der Waals surface area contributed by atoms with E-state index < -0.39 is 0 Å². The minimum Gasteiger partial charge on any atom is -0.444 e. The summed E-state index contributed by atoms with van der Waals surface area (Å²) in [6.45, 7) is 6.03. The maximum atomic E-state index is 5.74. The van der Waals surface area contributed by atoms with Gasteiger partial charge in [0.05, 0.1) is 24.0 Å². The fraction of sp³-hybridized carbons (Fsp3) is 0.333. The first kappa shape index (κ1) is 13.4. The maximum absolute atomic E-state index is 5.74. The Balaban J connectivity index is 2.25. The molecule has 2 aromatic heterocycles. The third kappa shape index (κ3) is 2.87. The molecule has 0 saturated carbocycles. The van der Waals surface area contributed by atoms with Crippen molar-refractivity contribution in [3.05, 3.63) is 34.7 Å². The van der Waals surface area contributed by atoms with Crippen LogP contribution in [0.3, 0.4) is 0 Å². The van der Waals surface area contributed by atoms with Crippen molar-refractivity contribution >= 4 is 23.0 Å². The van der Waals surface area contributed by atoms with Gasteiger partial charge in [-0.3, -0.25) is 0 Å². The van der Waals surface area contributed by atoms with E-state index in [-0.39, 0.29) is 0 Å². The largest absolute Gasteiger partial charge is 0.444 e. The first-order valence-electron chi connectivity index (χ1n) is 5.78. The van der Waals surface area contributed by atoms with Crippen LogP contribution in [0, 0.1) is 20.8 Å². The van der Waals surface area contributed by atoms with Crippen molar-refractivity contribution in [2.45, 2.75) is 27.3 Å². The molecular weight excluding hydrogens is 262 g/mol. The molecule has 0 aliphatic rings. The lowest BCUT2D eigenvalue weighted by molar-refractivity contribution is 0.478. The summed E-state index contributed by atoms with van der Waals surface area (Å²) in [6, 6.07) is 0. The fourth-order valence-electron chi connectivity index (χ4n) is 1.68. The summed E-state index contributed by atoms with van der Waals surface area (Å²) in [5, 5.41) is 11.2. The van der Waals surface area contributed by atoms with E-state index in [1.807, 2.05) is 20.8 Å². The van der Waals surface area contributed by atoms with Gasteiger partial charge >= 0.3 is 0 Å². The van der Waals surface area contributed by atoms with Crippen LogP contribution >= 0.6 is 12.2 Å². The molecule has 7 heteroatoms. The molecule has 6 nitrogen and oxygen atoms in total. The second kappa shape index (κ2) is 5.31. The van der Waals surface area contributed by atoms with Gasteiger partial charge in [0.15, 0.2) is 5.82 Å². The van der Waals surface area contributed by atoms with E-state index >= 15 is 0 Å². The van der Waals surface area contributed by atoms with E-state index in [2.05, 4.69) is 20.5 Å². The van der Waals surface area contributed by atoms with Gasteiger partial charge in [-0.05, 0) is 26.3 Å². The number of hydrogen-bond acceptors (Lipinski definition) is 6. The highest BCUT2D eigenvalue weighted by Crippen LogP contribution is 2.18.